The van der Waals surface area contributed by atoms with Crippen molar-refractivity contribution in [3.8, 4) is 0 Å². The van der Waals surface area contributed by atoms with E-state index in [1.54, 1.807) is 0 Å². The van der Waals surface area contributed by atoms with E-state index in [-0.39, 0.29) is 5.91 Å². The molecule has 0 unspecified atom stereocenters. The summed E-state index contributed by atoms with van der Waals surface area (Å²) >= 11 is 0. The molecular formula is C15H22N2O2. The van der Waals surface area contributed by atoms with E-state index in [1.165, 1.54) is 6.92 Å². The Labute approximate surface area is 114 Å². The van der Waals surface area contributed by atoms with E-state index in [0.29, 0.717) is 12.1 Å². The molecule has 104 valence electrons. The third kappa shape index (κ3) is 4.33. The molecule has 0 spiro atoms. The van der Waals surface area contributed by atoms with Crippen LogP contribution >= 0.6 is 0 Å². The van der Waals surface area contributed by atoms with Gasteiger partial charge in [0.25, 0.3) is 0 Å². The smallest absolute Gasteiger partial charge is 0.221 e. The maximum atomic E-state index is 11.0. The number of nitrogens with one attached hydrogen (secondary N) is 2. The minimum Gasteiger partial charge on any atom is -0.377 e. The molecule has 2 rings (SSSR count). The first kappa shape index (κ1) is 14.0. The number of benzene rings is 1. The average Bonchev–Trinajstić information content (AvgIpc) is 2.89. The lowest BCUT2D eigenvalue weighted by Crippen LogP contribution is -2.36. The quantitative estimate of drug-likeness (QED) is 0.856. The highest BCUT2D eigenvalue weighted by Crippen LogP contribution is 2.16. The third-order valence-corrected chi connectivity index (χ3v) is 3.40. The Hall–Kier alpha value is -1.39. The van der Waals surface area contributed by atoms with Gasteiger partial charge in [-0.1, -0.05) is 12.1 Å². The molecule has 1 aliphatic rings. The van der Waals surface area contributed by atoms with Gasteiger partial charge in [-0.15, -0.1) is 0 Å². The van der Waals surface area contributed by atoms with Crippen LogP contribution in [-0.2, 0) is 16.1 Å². The van der Waals surface area contributed by atoms with E-state index in [1.807, 2.05) is 18.2 Å². The maximum Gasteiger partial charge on any atom is 0.221 e. The minimum absolute atomic E-state index is 0.0437. The molecule has 0 aliphatic carbocycles. The molecule has 0 radical (unpaired) electrons. The molecule has 1 aromatic carbocycles. The first-order valence-corrected chi connectivity index (χ1v) is 6.86. The molecule has 1 heterocycles. The summed E-state index contributed by atoms with van der Waals surface area (Å²) in [6.07, 6.45) is 2.63. The predicted octanol–water partition coefficient (Wildman–Crippen LogP) is 2.30. The fourth-order valence-electron chi connectivity index (χ4n) is 2.37. The van der Waals surface area contributed by atoms with Crippen molar-refractivity contribution in [1.29, 1.82) is 0 Å². The van der Waals surface area contributed by atoms with Crippen LogP contribution in [0.15, 0.2) is 24.3 Å². The van der Waals surface area contributed by atoms with Crippen LogP contribution in [0.4, 0.5) is 5.69 Å². The van der Waals surface area contributed by atoms with Crippen molar-refractivity contribution in [1.82, 2.24) is 5.32 Å². The molecule has 1 fully saturated rings. The van der Waals surface area contributed by atoms with Crippen molar-refractivity contribution in [2.45, 2.75) is 45.4 Å². The van der Waals surface area contributed by atoms with Gasteiger partial charge in [-0.25, -0.2) is 0 Å². The normalized spacial score (nSPS) is 20.2. The van der Waals surface area contributed by atoms with Crippen molar-refractivity contribution < 1.29 is 9.53 Å². The summed E-state index contributed by atoms with van der Waals surface area (Å²) in [5.74, 6) is -0.0437. The largest absolute Gasteiger partial charge is 0.377 e. The first-order chi connectivity index (χ1) is 9.15. The van der Waals surface area contributed by atoms with Gasteiger partial charge in [0.15, 0.2) is 0 Å². The fraction of sp³-hybridized carbons (Fsp3) is 0.533. The lowest BCUT2D eigenvalue weighted by Gasteiger charge is -2.20. The maximum absolute atomic E-state index is 11.0. The highest BCUT2D eigenvalue weighted by atomic mass is 16.5. The summed E-state index contributed by atoms with van der Waals surface area (Å²) in [4.78, 5) is 11.0. The molecule has 2 N–H and O–H groups in total. The number of carbonyl (C=O) groups excluding carboxylic acids is 1. The van der Waals surface area contributed by atoms with Crippen molar-refractivity contribution >= 4 is 11.6 Å². The van der Waals surface area contributed by atoms with Gasteiger partial charge in [-0.3, -0.25) is 4.79 Å². The standard InChI is InChI=1S/C15H22N2O2/c1-11(15-7-4-8-19-15)16-10-13-5-3-6-14(9-13)17-12(2)18/h3,5-6,9,11,15-16H,4,7-8,10H2,1-2H3,(H,17,18)/t11-,15-/m1/s1. The highest BCUT2D eigenvalue weighted by molar-refractivity contribution is 5.88. The van der Waals surface area contributed by atoms with Gasteiger partial charge in [0.05, 0.1) is 6.10 Å². The summed E-state index contributed by atoms with van der Waals surface area (Å²) in [6.45, 7) is 5.35. The highest BCUT2D eigenvalue weighted by Gasteiger charge is 2.21. The summed E-state index contributed by atoms with van der Waals surface area (Å²) in [5, 5.41) is 6.28. The Kier molecular flexibility index (Phi) is 4.93. The fourth-order valence-corrected chi connectivity index (χ4v) is 2.37. The van der Waals surface area contributed by atoms with Crippen LogP contribution in [0.2, 0.25) is 0 Å². The van der Waals surface area contributed by atoms with Gasteiger partial charge in [0.2, 0.25) is 5.91 Å². The van der Waals surface area contributed by atoms with Crippen LogP contribution in [0.25, 0.3) is 0 Å². The van der Waals surface area contributed by atoms with E-state index in [4.69, 9.17) is 4.74 Å². The van der Waals surface area contributed by atoms with Gasteiger partial charge in [0, 0.05) is 31.8 Å². The van der Waals surface area contributed by atoms with Gasteiger partial charge in [-0.05, 0) is 37.5 Å². The zero-order valence-corrected chi connectivity index (χ0v) is 11.6. The lowest BCUT2D eigenvalue weighted by molar-refractivity contribution is -0.114. The van der Waals surface area contributed by atoms with Crippen LogP contribution in [0.3, 0.4) is 0 Å². The molecule has 4 heteroatoms. The SMILES string of the molecule is CC(=O)Nc1cccc(CN[C@H](C)[C@H]2CCCO2)c1. The zero-order chi connectivity index (χ0) is 13.7. The molecule has 1 aliphatic heterocycles. The minimum atomic E-state index is -0.0437. The number of hydrogen-bond acceptors (Lipinski definition) is 3. The van der Waals surface area contributed by atoms with E-state index >= 15 is 0 Å². The molecule has 19 heavy (non-hydrogen) atoms. The van der Waals surface area contributed by atoms with E-state index in [2.05, 4.69) is 23.6 Å². The average molecular weight is 262 g/mol. The Morgan fingerprint density at radius 2 is 2.37 bits per heavy atom. The van der Waals surface area contributed by atoms with Crippen LogP contribution in [0.1, 0.15) is 32.3 Å². The molecule has 0 aromatic heterocycles. The topological polar surface area (TPSA) is 50.4 Å². The van der Waals surface area contributed by atoms with Gasteiger partial charge < -0.3 is 15.4 Å². The van der Waals surface area contributed by atoms with Crippen molar-refractivity contribution in [2.75, 3.05) is 11.9 Å². The number of hydrogen-bond donors (Lipinski definition) is 2. The van der Waals surface area contributed by atoms with E-state index in [0.717, 1.165) is 37.2 Å². The Morgan fingerprint density at radius 1 is 1.53 bits per heavy atom. The number of rotatable bonds is 5. The third-order valence-electron chi connectivity index (χ3n) is 3.40. The molecule has 4 nitrogen and oxygen atoms in total. The molecule has 1 saturated heterocycles. The zero-order valence-electron chi connectivity index (χ0n) is 11.6. The number of ether oxygens (including phenoxy) is 1. The van der Waals surface area contributed by atoms with Crippen molar-refractivity contribution in [3.05, 3.63) is 29.8 Å². The van der Waals surface area contributed by atoms with Crippen LogP contribution in [0, 0.1) is 0 Å². The van der Waals surface area contributed by atoms with Crippen molar-refractivity contribution in [3.63, 3.8) is 0 Å². The van der Waals surface area contributed by atoms with E-state index < -0.39 is 0 Å². The first-order valence-electron chi connectivity index (χ1n) is 6.86. The summed E-state index contributed by atoms with van der Waals surface area (Å²) < 4.78 is 5.66. The van der Waals surface area contributed by atoms with Gasteiger partial charge in [-0.2, -0.15) is 0 Å². The molecule has 0 saturated carbocycles. The van der Waals surface area contributed by atoms with Crippen LogP contribution in [0.5, 0.6) is 0 Å². The molecule has 1 amide bonds. The second-order valence-corrected chi connectivity index (χ2v) is 5.10. The van der Waals surface area contributed by atoms with Crippen LogP contribution in [-0.4, -0.2) is 24.7 Å². The number of amides is 1. The Balaban J connectivity index is 1.86. The Bertz CT molecular complexity index is 428. The monoisotopic (exact) mass is 262 g/mol. The van der Waals surface area contributed by atoms with E-state index in [9.17, 15) is 4.79 Å². The van der Waals surface area contributed by atoms with Crippen LogP contribution < -0.4 is 10.6 Å². The van der Waals surface area contributed by atoms with Gasteiger partial charge in [0.1, 0.15) is 0 Å². The number of anilines is 1. The van der Waals surface area contributed by atoms with Gasteiger partial charge >= 0.3 is 0 Å². The molecule has 1 aromatic rings. The second kappa shape index (κ2) is 6.68. The predicted molar refractivity (Wildman–Crippen MR) is 76.0 cm³/mol. The molecular weight excluding hydrogens is 240 g/mol. The summed E-state index contributed by atoms with van der Waals surface area (Å²) in [5.41, 5.74) is 2.01. The van der Waals surface area contributed by atoms with Crippen molar-refractivity contribution in [2.24, 2.45) is 0 Å². The molecule has 0 bridgehead atoms. The number of carbonyl (C=O) groups is 1. The molecule has 2 atom stereocenters. The lowest BCUT2D eigenvalue weighted by atomic mass is 10.1. The second-order valence-electron chi connectivity index (χ2n) is 5.10. The summed E-state index contributed by atoms with van der Waals surface area (Å²) in [6, 6.07) is 8.26. The summed E-state index contributed by atoms with van der Waals surface area (Å²) in [7, 11) is 0. The Morgan fingerprint density at radius 3 is 3.05 bits per heavy atom.